The highest BCUT2D eigenvalue weighted by molar-refractivity contribution is 5.91. The summed E-state index contributed by atoms with van der Waals surface area (Å²) in [6, 6.07) is 6.86. The zero-order valence-corrected chi connectivity index (χ0v) is 12.7. The molecule has 0 saturated carbocycles. The van der Waals surface area contributed by atoms with Crippen LogP contribution in [-0.2, 0) is 7.05 Å². The quantitative estimate of drug-likeness (QED) is 0.908. The molecule has 0 aliphatic carbocycles. The Morgan fingerprint density at radius 3 is 2.71 bits per heavy atom. The van der Waals surface area contributed by atoms with Gasteiger partial charge in [0.25, 0.3) is 0 Å². The lowest BCUT2D eigenvalue weighted by Crippen LogP contribution is -2.31. The van der Waals surface area contributed by atoms with Gasteiger partial charge >= 0.3 is 6.03 Å². The van der Waals surface area contributed by atoms with Crippen LogP contribution in [-0.4, -0.2) is 22.9 Å². The third-order valence-electron chi connectivity index (χ3n) is 3.44. The molecule has 21 heavy (non-hydrogen) atoms. The Kier molecular flexibility index (Phi) is 4.47. The van der Waals surface area contributed by atoms with Crippen LogP contribution in [0.2, 0.25) is 0 Å². The Morgan fingerprint density at radius 2 is 2.10 bits per heavy atom. The average Bonchev–Trinajstić information content (AvgIpc) is 2.79. The third kappa shape index (κ3) is 3.34. The minimum absolute atomic E-state index is 0.131. The van der Waals surface area contributed by atoms with Crippen LogP contribution >= 0.6 is 0 Å². The van der Waals surface area contributed by atoms with E-state index in [1.807, 2.05) is 33.0 Å². The van der Waals surface area contributed by atoms with Gasteiger partial charge in [-0.3, -0.25) is 4.68 Å². The molecule has 1 atom stereocenters. The lowest BCUT2D eigenvalue weighted by atomic mass is 10.1. The molecule has 0 fully saturated rings. The molecule has 0 unspecified atom stereocenters. The number of para-hydroxylation sites is 2. The number of aryl methyl sites for hydroxylation is 1. The van der Waals surface area contributed by atoms with Crippen molar-refractivity contribution >= 4 is 11.7 Å². The summed E-state index contributed by atoms with van der Waals surface area (Å²) in [7, 11) is 3.44. The summed E-state index contributed by atoms with van der Waals surface area (Å²) in [5.41, 5.74) is 2.65. The van der Waals surface area contributed by atoms with Crippen LogP contribution in [0.5, 0.6) is 5.75 Å². The number of rotatable bonds is 4. The second-order valence-electron chi connectivity index (χ2n) is 4.83. The smallest absolute Gasteiger partial charge is 0.319 e. The normalized spacial score (nSPS) is 11.8. The van der Waals surface area contributed by atoms with Gasteiger partial charge < -0.3 is 15.4 Å². The molecule has 0 saturated heterocycles. The largest absolute Gasteiger partial charge is 0.495 e. The predicted molar refractivity (Wildman–Crippen MR) is 81.5 cm³/mol. The molecule has 2 rings (SSSR count). The van der Waals surface area contributed by atoms with Gasteiger partial charge in [-0.2, -0.15) is 5.10 Å². The van der Waals surface area contributed by atoms with Crippen LogP contribution < -0.4 is 15.4 Å². The molecule has 1 heterocycles. The predicted octanol–water partition coefficient (Wildman–Crippen LogP) is 2.62. The minimum atomic E-state index is -0.282. The Balaban J connectivity index is 2.03. The fraction of sp³-hybridized carbons (Fsp3) is 0.333. The maximum absolute atomic E-state index is 12.1. The van der Waals surface area contributed by atoms with Crippen molar-refractivity contribution in [3.8, 4) is 5.75 Å². The molecule has 1 aromatic carbocycles. The van der Waals surface area contributed by atoms with Crippen molar-refractivity contribution in [3.63, 3.8) is 0 Å². The van der Waals surface area contributed by atoms with Gasteiger partial charge in [0.05, 0.1) is 25.0 Å². The Bertz CT molecular complexity index is 636. The maximum atomic E-state index is 12.1. The summed E-state index contributed by atoms with van der Waals surface area (Å²) in [5, 5.41) is 9.86. The Labute approximate surface area is 124 Å². The number of urea groups is 1. The number of hydrogen-bond acceptors (Lipinski definition) is 3. The van der Waals surface area contributed by atoms with Crippen LogP contribution in [0.15, 0.2) is 30.5 Å². The van der Waals surface area contributed by atoms with E-state index in [2.05, 4.69) is 15.7 Å². The van der Waals surface area contributed by atoms with E-state index in [1.165, 1.54) is 0 Å². The van der Waals surface area contributed by atoms with E-state index < -0.39 is 0 Å². The SMILES string of the molecule is COc1ccccc1NC(=O)N[C@H](C)c1cnn(C)c1C. The van der Waals surface area contributed by atoms with Gasteiger partial charge in [-0.05, 0) is 26.0 Å². The van der Waals surface area contributed by atoms with Crippen LogP contribution in [0.3, 0.4) is 0 Å². The van der Waals surface area contributed by atoms with Crippen LogP contribution in [0, 0.1) is 6.92 Å². The number of nitrogens with one attached hydrogen (secondary N) is 2. The van der Waals surface area contributed by atoms with E-state index in [4.69, 9.17) is 4.74 Å². The van der Waals surface area contributed by atoms with Crippen molar-refractivity contribution in [1.29, 1.82) is 0 Å². The second kappa shape index (κ2) is 6.30. The second-order valence-corrected chi connectivity index (χ2v) is 4.83. The van der Waals surface area contributed by atoms with E-state index in [-0.39, 0.29) is 12.1 Å². The molecule has 0 aliphatic heterocycles. The number of aromatic nitrogens is 2. The molecule has 112 valence electrons. The standard InChI is InChI=1S/C15H20N4O2/c1-10(12-9-16-19(3)11(12)2)17-15(20)18-13-7-5-6-8-14(13)21-4/h5-10H,1-4H3,(H2,17,18,20)/t10-/m1/s1. The topological polar surface area (TPSA) is 68.2 Å². The number of ether oxygens (including phenoxy) is 1. The van der Waals surface area contributed by atoms with Gasteiger partial charge in [0.15, 0.2) is 0 Å². The maximum Gasteiger partial charge on any atom is 0.319 e. The number of carbonyl (C=O) groups excluding carboxylic acids is 1. The molecule has 0 radical (unpaired) electrons. The first-order valence-corrected chi connectivity index (χ1v) is 6.72. The first-order valence-electron chi connectivity index (χ1n) is 6.72. The van der Waals surface area contributed by atoms with Gasteiger partial charge in [0.2, 0.25) is 0 Å². The van der Waals surface area contributed by atoms with Crippen molar-refractivity contribution in [2.75, 3.05) is 12.4 Å². The monoisotopic (exact) mass is 288 g/mol. The molecule has 1 aromatic heterocycles. The zero-order valence-electron chi connectivity index (χ0n) is 12.7. The van der Waals surface area contributed by atoms with Gasteiger partial charge in [-0.1, -0.05) is 12.1 Å². The molecular weight excluding hydrogens is 268 g/mol. The highest BCUT2D eigenvalue weighted by Gasteiger charge is 2.15. The summed E-state index contributed by atoms with van der Waals surface area (Å²) in [5.74, 6) is 0.623. The van der Waals surface area contributed by atoms with E-state index in [9.17, 15) is 4.79 Å². The third-order valence-corrected chi connectivity index (χ3v) is 3.44. The van der Waals surface area contributed by atoms with Crippen LogP contribution in [0.25, 0.3) is 0 Å². The molecule has 6 heteroatoms. The van der Waals surface area contributed by atoms with Crippen molar-refractivity contribution in [2.45, 2.75) is 19.9 Å². The van der Waals surface area contributed by atoms with E-state index in [1.54, 1.807) is 30.1 Å². The molecule has 2 aromatic rings. The first-order chi connectivity index (χ1) is 10.0. The lowest BCUT2D eigenvalue weighted by Gasteiger charge is -2.15. The number of anilines is 1. The number of carbonyl (C=O) groups is 1. The minimum Gasteiger partial charge on any atom is -0.495 e. The summed E-state index contributed by atoms with van der Waals surface area (Å²) in [6.07, 6.45) is 1.77. The molecule has 2 N–H and O–H groups in total. The summed E-state index contributed by atoms with van der Waals surface area (Å²) in [6.45, 7) is 3.89. The lowest BCUT2D eigenvalue weighted by molar-refractivity contribution is 0.249. The van der Waals surface area contributed by atoms with Gasteiger partial charge in [0.1, 0.15) is 5.75 Å². The number of nitrogens with zero attached hydrogens (tertiary/aromatic N) is 2. The fourth-order valence-electron chi connectivity index (χ4n) is 2.12. The number of hydrogen-bond donors (Lipinski definition) is 2. The molecular formula is C15H20N4O2. The Hall–Kier alpha value is -2.50. The molecule has 0 spiro atoms. The van der Waals surface area contributed by atoms with Crippen molar-refractivity contribution in [1.82, 2.24) is 15.1 Å². The van der Waals surface area contributed by atoms with Crippen LogP contribution in [0.4, 0.5) is 10.5 Å². The average molecular weight is 288 g/mol. The summed E-state index contributed by atoms with van der Waals surface area (Å²) < 4.78 is 6.99. The summed E-state index contributed by atoms with van der Waals surface area (Å²) >= 11 is 0. The summed E-state index contributed by atoms with van der Waals surface area (Å²) in [4.78, 5) is 12.1. The number of benzene rings is 1. The Morgan fingerprint density at radius 1 is 1.38 bits per heavy atom. The van der Waals surface area contributed by atoms with E-state index in [0.717, 1.165) is 11.3 Å². The number of methoxy groups -OCH3 is 1. The van der Waals surface area contributed by atoms with E-state index in [0.29, 0.717) is 11.4 Å². The van der Waals surface area contributed by atoms with E-state index >= 15 is 0 Å². The molecule has 6 nitrogen and oxygen atoms in total. The number of amides is 2. The molecule has 0 aliphatic rings. The fourth-order valence-corrected chi connectivity index (χ4v) is 2.12. The van der Waals surface area contributed by atoms with Gasteiger partial charge in [0, 0.05) is 18.3 Å². The highest BCUT2D eigenvalue weighted by atomic mass is 16.5. The van der Waals surface area contributed by atoms with Crippen molar-refractivity contribution in [3.05, 3.63) is 41.7 Å². The molecule has 2 amide bonds. The van der Waals surface area contributed by atoms with Gasteiger partial charge in [-0.15, -0.1) is 0 Å². The van der Waals surface area contributed by atoms with Crippen LogP contribution in [0.1, 0.15) is 24.2 Å². The molecule has 0 bridgehead atoms. The highest BCUT2D eigenvalue weighted by Crippen LogP contribution is 2.23. The zero-order chi connectivity index (χ0) is 15.4. The first kappa shape index (κ1) is 14.9. The van der Waals surface area contributed by atoms with Crippen molar-refractivity contribution in [2.24, 2.45) is 7.05 Å². The van der Waals surface area contributed by atoms with Crippen molar-refractivity contribution < 1.29 is 9.53 Å². The van der Waals surface area contributed by atoms with Gasteiger partial charge in [-0.25, -0.2) is 4.79 Å².